The van der Waals surface area contributed by atoms with Crippen molar-refractivity contribution in [3.05, 3.63) is 0 Å². The van der Waals surface area contributed by atoms with Crippen molar-refractivity contribution in [2.24, 2.45) is 11.3 Å². The van der Waals surface area contributed by atoms with Gasteiger partial charge < -0.3 is 10.0 Å². The van der Waals surface area contributed by atoms with Crippen molar-refractivity contribution in [1.29, 1.82) is 0 Å². The first-order valence-electron chi connectivity index (χ1n) is 5.38. The lowest BCUT2D eigenvalue weighted by Gasteiger charge is -2.34. The maximum absolute atomic E-state index is 11.9. The number of likely N-dealkylation sites (tertiary alicyclic amines) is 1. The van der Waals surface area contributed by atoms with Gasteiger partial charge in [0.1, 0.15) is 5.41 Å². The van der Waals surface area contributed by atoms with Gasteiger partial charge in [-0.05, 0) is 32.6 Å². The second kappa shape index (κ2) is 4.21. The number of hydrogen-bond acceptors (Lipinski definition) is 2. The lowest BCUT2D eigenvalue weighted by atomic mass is 9.90. The summed E-state index contributed by atoms with van der Waals surface area (Å²) in [5, 5.41) is 8.95. The lowest BCUT2D eigenvalue weighted by Crippen LogP contribution is -2.48. The zero-order valence-corrected chi connectivity index (χ0v) is 9.62. The highest BCUT2D eigenvalue weighted by Crippen LogP contribution is 2.23. The third-order valence-electron chi connectivity index (χ3n) is 3.14. The van der Waals surface area contributed by atoms with Crippen LogP contribution in [-0.2, 0) is 9.59 Å². The maximum atomic E-state index is 11.9. The van der Waals surface area contributed by atoms with E-state index in [-0.39, 0.29) is 5.91 Å². The summed E-state index contributed by atoms with van der Waals surface area (Å²) in [6.45, 7) is 6.48. The number of piperidine rings is 1. The molecule has 1 aliphatic heterocycles. The first-order valence-corrected chi connectivity index (χ1v) is 5.38. The van der Waals surface area contributed by atoms with E-state index in [0.717, 1.165) is 12.8 Å². The second-order valence-corrected chi connectivity index (χ2v) is 4.90. The van der Waals surface area contributed by atoms with E-state index in [2.05, 4.69) is 6.92 Å². The minimum absolute atomic E-state index is 0.262. The molecule has 0 unspecified atom stereocenters. The Hall–Kier alpha value is -1.06. The molecule has 0 bridgehead atoms. The SMILES string of the molecule is CC1CCN(C(=O)C(C)(C)C(=O)O)CC1. The van der Waals surface area contributed by atoms with Gasteiger partial charge in [0.05, 0.1) is 0 Å². The molecular formula is C11H19NO3. The summed E-state index contributed by atoms with van der Waals surface area (Å²) in [6, 6.07) is 0. The molecule has 1 amide bonds. The largest absolute Gasteiger partial charge is 0.480 e. The van der Waals surface area contributed by atoms with Gasteiger partial charge >= 0.3 is 5.97 Å². The summed E-state index contributed by atoms with van der Waals surface area (Å²) in [7, 11) is 0. The molecule has 4 heteroatoms. The van der Waals surface area contributed by atoms with Gasteiger partial charge in [-0.3, -0.25) is 9.59 Å². The van der Waals surface area contributed by atoms with Crippen LogP contribution in [-0.4, -0.2) is 35.0 Å². The maximum Gasteiger partial charge on any atom is 0.318 e. The summed E-state index contributed by atoms with van der Waals surface area (Å²) < 4.78 is 0. The molecule has 1 heterocycles. The number of carbonyl (C=O) groups is 2. The van der Waals surface area contributed by atoms with Crippen LogP contribution in [0.25, 0.3) is 0 Å². The molecule has 0 atom stereocenters. The van der Waals surface area contributed by atoms with Crippen LogP contribution in [0.5, 0.6) is 0 Å². The molecule has 1 fully saturated rings. The Bertz CT molecular complexity index is 265. The van der Waals surface area contributed by atoms with Crippen molar-refractivity contribution in [1.82, 2.24) is 4.90 Å². The van der Waals surface area contributed by atoms with Crippen LogP contribution in [0.1, 0.15) is 33.6 Å². The molecular weight excluding hydrogens is 194 g/mol. The van der Waals surface area contributed by atoms with Gasteiger partial charge in [-0.15, -0.1) is 0 Å². The van der Waals surface area contributed by atoms with Gasteiger partial charge in [-0.1, -0.05) is 6.92 Å². The van der Waals surface area contributed by atoms with Crippen LogP contribution < -0.4 is 0 Å². The van der Waals surface area contributed by atoms with Gasteiger partial charge in [0.25, 0.3) is 0 Å². The lowest BCUT2D eigenvalue weighted by molar-refractivity contribution is -0.158. The predicted molar refractivity (Wildman–Crippen MR) is 56.4 cm³/mol. The summed E-state index contributed by atoms with van der Waals surface area (Å²) in [5.41, 5.74) is -1.29. The normalized spacial score (nSPS) is 19.0. The van der Waals surface area contributed by atoms with Crippen molar-refractivity contribution in [2.75, 3.05) is 13.1 Å². The molecule has 1 saturated heterocycles. The molecule has 86 valence electrons. The van der Waals surface area contributed by atoms with Crippen molar-refractivity contribution < 1.29 is 14.7 Å². The van der Waals surface area contributed by atoms with E-state index in [9.17, 15) is 9.59 Å². The number of nitrogens with zero attached hydrogens (tertiary/aromatic N) is 1. The van der Waals surface area contributed by atoms with Gasteiger partial charge in [0.15, 0.2) is 0 Å². The standard InChI is InChI=1S/C11H19NO3/c1-8-4-6-12(7-5-8)9(13)11(2,3)10(14)15/h8H,4-7H2,1-3H3,(H,14,15). The number of hydrogen-bond donors (Lipinski definition) is 1. The fraction of sp³-hybridized carbons (Fsp3) is 0.818. The number of aliphatic carboxylic acids is 1. The van der Waals surface area contributed by atoms with E-state index in [0.29, 0.717) is 19.0 Å². The van der Waals surface area contributed by atoms with Gasteiger partial charge in [0, 0.05) is 13.1 Å². The minimum Gasteiger partial charge on any atom is -0.480 e. The quantitative estimate of drug-likeness (QED) is 0.704. The second-order valence-electron chi connectivity index (χ2n) is 4.90. The zero-order valence-electron chi connectivity index (χ0n) is 9.62. The molecule has 0 aromatic rings. The predicted octanol–water partition coefficient (Wildman–Crippen LogP) is 1.36. The molecule has 15 heavy (non-hydrogen) atoms. The summed E-state index contributed by atoms with van der Waals surface area (Å²) in [4.78, 5) is 24.5. The van der Waals surface area contributed by atoms with E-state index >= 15 is 0 Å². The van der Waals surface area contributed by atoms with Crippen LogP contribution in [0.15, 0.2) is 0 Å². The molecule has 0 aliphatic carbocycles. The van der Waals surface area contributed by atoms with Crippen LogP contribution in [0.2, 0.25) is 0 Å². The number of carboxylic acids is 1. The summed E-state index contributed by atoms with van der Waals surface area (Å²) >= 11 is 0. The van der Waals surface area contributed by atoms with Crippen LogP contribution in [0, 0.1) is 11.3 Å². The Morgan fingerprint density at radius 2 is 1.73 bits per heavy atom. The highest BCUT2D eigenvalue weighted by Gasteiger charge is 2.39. The Kier molecular flexibility index (Phi) is 3.37. The van der Waals surface area contributed by atoms with Crippen LogP contribution in [0.4, 0.5) is 0 Å². The number of amides is 1. The topological polar surface area (TPSA) is 57.6 Å². The minimum atomic E-state index is -1.29. The van der Waals surface area contributed by atoms with E-state index in [1.54, 1.807) is 4.90 Å². The van der Waals surface area contributed by atoms with Crippen molar-refractivity contribution in [3.8, 4) is 0 Å². The Balaban J connectivity index is 2.65. The molecule has 0 aromatic heterocycles. The van der Waals surface area contributed by atoms with Crippen molar-refractivity contribution in [3.63, 3.8) is 0 Å². The van der Waals surface area contributed by atoms with Crippen molar-refractivity contribution >= 4 is 11.9 Å². The molecule has 0 aromatic carbocycles. The van der Waals surface area contributed by atoms with Crippen LogP contribution in [0.3, 0.4) is 0 Å². The first-order chi connectivity index (χ1) is 6.85. The van der Waals surface area contributed by atoms with Gasteiger partial charge in [-0.25, -0.2) is 0 Å². The Morgan fingerprint density at radius 3 is 2.13 bits per heavy atom. The third kappa shape index (κ3) is 2.49. The van der Waals surface area contributed by atoms with E-state index in [1.165, 1.54) is 13.8 Å². The first kappa shape index (κ1) is 12.0. The average Bonchev–Trinajstić information content (AvgIpc) is 2.17. The molecule has 0 saturated carbocycles. The zero-order chi connectivity index (χ0) is 11.6. The van der Waals surface area contributed by atoms with Gasteiger partial charge in [-0.2, -0.15) is 0 Å². The third-order valence-corrected chi connectivity index (χ3v) is 3.14. The van der Waals surface area contributed by atoms with E-state index < -0.39 is 11.4 Å². The fourth-order valence-electron chi connectivity index (χ4n) is 1.70. The molecule has 4 nitrogen and oxygen atoms in total. The highest BCUT2D eigenvalue weighted by molar-refractivity contribution is 6.00. The monoisotopic (exact) mass is 213 g/mol. The number of rotatable bonds is 2. The van der Waals surface area contributed by atoms with Crippen LogP contribution >= 0.6 is 0 Å². The Labute approximate surface area is 90.3 Å². The molecule has 0 spiro atoms. The molecule has 0 radical (unpaired) electrons. The number of carboxylic acid groups (broad SMARTS) is 1. The fourth-order valence-corrected chi connectivity index (χ4v) is 1.70. The average molecular weight is 213 g/mol. The van der Waals surface area contributed by atoms with E-state index in [4.69, 9.17) is 5.11 Å². The van der Waals surface area contributed by atoms with Gasteiger partial charge in [0.2, 0.25) is 5.91 Å². The molecule has 1 N–H and O–H groups in total. The smallest absolute Gasteiger partial charge is 0.318 e. The van der Waals surface area contributed by atoms with E-state index in [1.807, 2.05) is 0 Å². The number of carbonyl (C=O) groups excluding carboxylic acids is 1. The Morgan fingerprint density at radius 1 is 1.27 bits per heavy atom. The summed E-state index contributed by atoms with van der Waals surface area (Å²) in [5.74, 6) is -0.671. The van der Waals surface area contributed by atoms with Crippen molar-refractivity contribution in [2.45, 2.75) is 33.6 Å². The molecule has 1 rings (SSSR count). The summed E-state index contributed by atoms with van der Waals surface area (Å²) in [6.07, 6.45) is 1.95. The molecule has 1 aliphatic rings. The highest BCUT2D eigenvalue weighted by atomic mass is 16.4.